The van der Waals surface area contributed by atoms with Crippen molar-refractivity contribution in [2.45, 2.75) is 17.7 Å². The lowest BCUT2D eigenvalue weighted by atomic mass is 10.0. The number of anilines is 1. The summed E-state index contributed by atoms with van der Waals surface area (Å²) in [6.07, 6.45) is 0. The van der Waals surface area contributed by atoms with Crippen LogP contribution in [0, 0.1) is 11.6 Å². The van der Waals surface area contributed by atoms with Gasteiger partial charge in [0.05, 0.1) is 10.6 Å². The summed E-state index contributed by atoms with van der Waals surface area (Å²) in [7, 11) is -3.98. The molecular weight excluding hydrogens is 296 g/mol. The van der Waals surface area contributed by atoms with Crippen LogP contribution in [0.1, 0.15) is 18.4 Å². The van der Waals surface area contributed by atoms with E-state index in [1.807, 2.05) is 19.1 Å². The Morgan fingerprint density at radius 3 is 2.38 bits per heavy atom. The summed E-state index contributed by atoms with van der Waals surface area (Å²) < 4.78 is 53.1. The standard InChI is InChI=1S/C15H13F2NO2S/c1-10-9-18(15-5-3-2-4-14(10)15)21(19,20)13-7-11(16)6-12(17)8-13/h2-8,10H,9H2,1H3. The van der Waals surface area contributed by atoms with Crippen LogP contribution in [-0.2, 0) is 10.0 Å². The Kier molecular flexibility index (Phi) is 3.20. The van der Waals surface area contributed by atoms with Crippen molar-refractivity contribution in [2.75, 3.05) is 10.8 Å². The topological polar surface area (TPSA) is 37.4 Å². The summed E-state index contributed by atoms with van der Waals surface area (Å²) in [6.45, 7) is 2.18. The van der Waals surface area contributed by atoms with Gasteiger partial charge in [-0.2, -0.15) is 0 Å². The number of sulfonamides is 1. The van der Waals surface area contributed by atoms with E-state index < -0.39 is 21.7 Å². The highest BCUT2D eigenvalue weighted by Gasteiger charge is 2.34. The Morgan fingerprint density at radius 2 is 1.71 bits per heavy atom. The van der Waals surface area contributed by atoms with E-state index in [2.05, 4.69) is 0 Å². The number of hydrogen-bond donors (Lipinski definition) is 0. The second-order valence-corrected chi connectivity index (χ2v) is 6.96. The third kappa shape index (κ3) is 2.29. The normalized spacial score (nSPS) is 17.9. The van der Waals surface area contributed by atoms with Crippen LogP contribution >= 0.6 is 0 Å². The molecule has 1 heterocycles. The van der Waals surface area contributed by atoms with Crippen LogP contribution < -0.4 is 4.31 Å². The third-order valence-corrected chi connectivity index (χ3v) is 5.36. The number of para-hydroxylation sites is 1. The van der Waals surface area contributed by atoms with Gasteiger partial charge < -0.3 is 0 Å². The SMILES string of the molecule is CC1CN(S(=O)(=O)c2cc(F)cc(F)c2)c2ccccc21. The number of nitrogens with zero attached hydrogens (tertiary/aromatic N) is 1. The average Bonchev–Trinajstić information content (AvgIpc) is 2.76. The first-order valence-electron chi connectivity index (χ1n) is 6.47. The zero-order chi connectivity index (χ0) is 15.2. The Hall–Kier alpha value is -1.95. The van der Waals surface area contributed by atoms with Crippen molar-refractivity contribution in [1.82, 2.24) is 0 Å². The molecule has 3 rings (SSSR count). The summed E-state index contributed by atoms with van der Waals surface area (Å²) in [6, 6.07) is 9.47. The lowest BCUT2D eigenvalue weighted by molar-refractivity contribution is 0.565. The predicted molar refractivity (Wildman–Crippen MR) is 75.7 cm³/mol. The van der Waals surface area contributed by atoms with Gasteiger partial charge in [0.25, 0.3) is 10.0 Å². The highest BCUT2D eigenvalue weighted by atomic mass is 32.2. The van der Waals surface area contributed by atoms with Crippen molar-refractivity contribution in [1.29, 1.82) is 0 Å². The highest BCUT2D eigenvalue weighted by molar-refractivity contribution is 7.92. The summed E-state index contributed by atoms with van der Waals surface area (Å²) in [5, 5.41) is 0. The van der Waals surface area contributed by atoms with Crippen molar-refractivity contribution >= 4 is 15.7 Å². The van der Waals surface area contributed by atoms with E-state index in [1.54, 1.807) is 12.1 Å². The first-order valence-corrected chi connectivity index (χ1v) is 7.91. The summed E-state index contributed by atoms with van der Waals surface area (Å²) in [5.74, 6) is -1.78. The second kappa shape index (κ2) is 4.80. The molecular formula is C15H13F2NO2S. The van der Waals surface area contributed by atoms with Gasteiger partial charge in [-0.25, -0.2) is 17.2 Å². The van der Waals surface area contributed by atoms with Crippen molar-refractivity contribution in [3.8, 4) is 0 Å². The van der Waals surface area contributed by atoms with Gasteiger partial charge >= 0.3 is 0 Å². The summed E-state index contributed by atoms with van der Waals surface area (Å²) >= 11 is 0. The number of rotatable bonds is 2. The molecule has 0 saturated heterocycles. The van der Waals surface area contributed by atoms with E-state index in [9.17, 15) is 17.2 Å². The third-order valence-electron chi connectivity index (χ3n) is 3.60. The molecule has 0 saturated carbocycles. The number of benzene rings is 2. The quantitative estimate of drug-likeness (QED) is 0.854. The molecule has 2 aromatic rings. The molecule has 2 aromatic carbocycles. The number of fused-ring (bicyclic) bond motifs is 1. The average molecular weight is 309 g/mol. The largest absolute Gasteiger partial charge is 0.265 e. The van der Waals surface area contributed by atoms with Crippen LogP contribution in [0.2, 0.25) is 0 Å². The Labute approximate surface area is 121 Å². The fourth-order valence-electron chi connectivity index (χ4n) is 2.61. The van der Waals surface area contributed by atoms with Crippen LogP contribution in [0.25, 0.3) is 0 Å². The van der Waals surface area contributed by atoms with E-state index in [1.165, 1.54) is 4.31 Å². The molecule has 0 bridgehead atoms. The van der Waals surface area contributed by atoms with E-state index in [0.29, 0.717) is 11.8 Å². The molecule has 3 nitrogen and oxygen atoms in total. The Balaban J connectivity index is 2.12. The van der Waals surface area contributed by atoms with Crippen LogP contribution in [0.5, 0.6) is 0 Å². The molecule has 0 aliphatic carbocycles. The molecule has 1 aliphatic heterocycles. The molecule has 1 atom stereocenters. The molecule has 0 fully saturated rings. The van der Waals surface area contributed by atoms with Crippen LogP contribution in [0.3, 0.4) is 0 Å². The molecule has 0 aromatic heterocycles. The van der Waals surface area contributed by atoms with Gasteiger partial charge in [-0.15, -0.1) is 0 Å². The van der Waals surface area contributed by atoms with E-state index in [4.69, 9.17) is 0 Å². The van der Waals surface area contributed by atoms with Crippen LogP contribution in [0.4, 0.5) is 14.5 Å². The molecule has 110 valence electrons. The van der Waals surface area contributed by atoms with E-state index in [-0.39, 0.29) is 17.4 Å². The van der Waals surface area contributed by atoms with Gasteiger partial charge in [0.15, 0.2) is 0 Å². The van der Waals surface area contributed by atoms with Crippen molar-refractivity contribution in [2.24, 2.45) is 0 Å². The van der Waals surface area contributed by atoms with Gasteiger partial charge in [-0.3, -0.25) is 4.31 Å². The summed E-state index contributed by atoms with van der Waals surface area (Å²) in [5.41, 5.74) is 1.48. The minimum absolute atomic E-state index is 0.0365. The second-order valence-electron chi connectivity index (χ2n) is 5.10. The van der Waals surface area contributed by atoms with Crippen molar-refractivity contribution in [3.05, 3.63) is 59.7 Å². The van der Waals surface area contributed by atoms with Gasteiger partial charge in [0.2, 0.25) is 0 Å². The number of hydrogen-bond acceptors (Lipinski definition) is 2. The lowest BCUT2D eigenvalue weighted by Crippen LogP contribution is -2.29. The van der Waals surface area contributed by atoms with Gasteiger partial charge in [0.1, 0.15) is 11.6 Å². The zero-order valence-corrected chi connectivity index (χ0v) is 12.1. The molecule has 0 amide bonds. The first kappa shape index (κ1) is 14.0. The van der Waals surface area contributed by atoms with Gasteiger partial charge in [-0.1, -0.05) is 25.1 Å². The lowest BCUT2D eigenvalue weighted by Gasteiger charge is -2.20. The zero-order valence-electron chi connectivity index (χ0n) is 11.3. The number of halogens is 2. The molecule has 1 unspecified atom stereocenters. The molecule has 0 spiro atoms. The van der Waals surface area contributed by atoms with E-state index >= 15 is 0 Å². The maximum absolute atomic E-state index is 13.3. The molecule has 0 N–H and O–H groups in total. The van der Waals surface area contributed by atoms with Gasteiger partial charge in [0, 0.05) is 18.5 Å². The molecule has 0 radical (unpaired) electrons. The smallest absolute Gasteiger partial charge is 0.264 e. The van der Waals surface area contributed by atoms with Crippen molar-refractivity contribution < 1.29 is 17.2 Å². The predicted octanol–water partition coefficient (Wildman–Crippen LogP) is 3.28. The first-order chi connectivity index (χ1) is 9.89. The maximum Gasteiger partial charge on any atom is 0.264 e. The van der Waals surface area contributed by atoms with Gasteiger partial charge in [-0.05, 0) is 23.8 Å². The maximum atomic E-state index is 13.3. The van der Waals surface area contributed by atoms with Crippen molar-refractivity contribution in [3.63, 3.8) is 0 Å². The van der Waals surface area contributed by atoms with E-state index in [0.717, 1.165) is 17.7 Å². The fourth-order valence-corrected chi connectivity index (χ4v) is 4.23. The fraction of sp³-hybridized carbons (Fsp3) is 0.200. The van der Waals surface area contributed by atoms with Crippen LogP contribution in [0.15, 0.2) is 47.4 Å². The monoisotopic (exact) mass is 309 g/mol. The minimum atomic E-state index is -3.98. The molecule has 1 aliphatic rings. The Bertz CT molecular complexity index is 785. The minimum Gasteiger partial charge on any atom is -0.265 e. The molecule has 21 heavy (non-hydrogen) atoms. The summed E-state index contributed by atoms with van der Waals surface area (Å²) in [4.78, 5) is -0.371. The Morgan fingerprint density at radius 1 is 1.10 bits per heavy atom. The molecule has 6 heteroatoms. The van der Waals surface area contributed by atoms with Crippen LogP contribution in [-0.4, -0.2) is 15.0 Å². The highest BCUT2D eigenvalue weighted by Crippen LogP contribution is 2.39.